The van der Waals surface area contributed by atoms with Crippen molar-refractivity contribution in [1.29, 1.82) is 0 Å². The molecule has 3 nitrogen and oxygen atoms in total. The van der Waals surface area contributed by atoms with E-state index in [2.05, 4.69) is 5.32 Å². The summed E-state index contributed by atoms with van der Waals surface area (Å²) in [6.45, 7) is 0. The van der Waals surface area contributed by atoms with Crippen LogP contribution in [0.3, 0.4) is 0 Å². The van der Waals surface area contributed by atoms with Gasteiger partial charge in [-0.3, -0.25) is 4.79 Å². The first-order valence-corrected chi connectivity index (χ1v) is 3.76. The van der Waals surface area contributed by atoms with Crippen LogP contribution in [0, 0.1) is 5.92 Å². The second kappa shape index (κ2) is 2.99. The summed E-state index contributed by atoms with van der Waals surface area (Å²) >= 11 is 0. The SMILES string of the molecule is Cl.O=C(O)[C@H]1N[C@@H]2CC[C@@H]1C2. The molecule has 2 bridgehead atoms. The molecule has 0 spiro atoms. The molecule has 2 rings (SSSR count). The predicted molar refractivity (Wildman–Crippen MR) is 42.9 cm³/mol. The molecule has 64 valence electrons. The summed E-state index contributed by atoms with van der Waals surface area (Å²) < 4.78 is 0. The average molecular weight is 178 g/mol. The van der Waals surface area contributed by atoms with Crippen molar-refractivity contribution in [2.75, 3.05) is 0 Å². The van der Waals surface area contributed by atoms with Crippen LogP contribution in [0.5, 0.6) is 0 Å². The van der Waals surface area contributed by atoms with E-state index >= 15 is 0 Å². The second-order valence-electron chi connectivity index (χ2n) is 3.25. The maximum atomic E-state index is 10.5. The lowest BCUT2D eigenvalue weighted by atomic mass is 10.0. The van der Waals surface area contributed by atoms with Crippen LogP contribution in [0.15, 0.2) is 0 Å². The van der Waals surface area contributed by atoms with Crippen molar-refractivity contribution in [2.24, 2.45) is 5.92 Å². The molecular weight excluding hydrogens is 166 g/mol. The van der Waals surface area contributed by atoms with Crippen molar-refractivity contribution in [3.8, 4) is 0 Å². The molecule has 11 heavy (non-hydrogen) atoms. The zero-order valence-electron chi connectivity index (χ0n) is 6.12. The fourth-order valence-electron chi connectivity index (χ4n) is 2.13. The van der Waals surface area contributed by atoms with E-state index in [1.807, 2.05) is 0 Å². The molecule has 1 aliphatic carbocycles. The van der Waals surface area contributed by atoms with Crippen molar-refractivity contribution in [3.63, 3.8) is 0 Å². The van der Waals surface area contributed by atoms with Crippen LogP contribution in [0.4, 0.5) is 0 Å². The molecule has 4 heteroatoms. The first-order valence-electron chi connectivity index (χ1n) is 3.76. The monoisotopic (exact) mass is 177 g/mol. The second-order valence-corrected chi connectivity index (χ2v) is 3.25. The molecule has 1 saturated heterocycles. The van der Waals surface area contributed by atoms with Gasteiger partial charge in [0.2, 0.25) is 0 Å². The van der Waals surface area contributed by atoms with Crippen LogP contribution in [-0.4, -0.2) is 23.2 Å². The van der Waals surface area contributed by atoms with Gasteiger partial charge in [-0.1, -0.05) is 0 Å². The highest BCUT2D eigenvalue weighted by Gasteiger charge is 2.42. The van der Waals surface area contributed by atoms with E-state index in [0.29, 0.717) is 12.0 Å². The molecule has 0 aromatic carbocycles. The third-order valence-electron chi connectivity index (χ3n) is 2.63. The Balaban J connectivity index is 0.000000605. The van der Waals surface area contributed by atoms with Gasteiger partial charge >= 0.3 is 5.97 Å². The number of carboxylic acid groups (broad SMARTS) is 1. The van der Waals surface area contributed by atoms with Gasteiger partial charge in [-0.05, 0) is 25.2 Å². The van der Waals surface area contributed by atoms with Gasteiger partial charge < -0.3 is 10.4 Å². The minimum Gasteiger partial charge on any atom is -0.480 e. The van der Waals surface area contributed by atoms with Gasteiger partial charge in [0, 0.05) is 6.04 Å². The Kier molecular flexibility index (Phi) is 2.40. The van der Waals surface area contributed by atoms with Gasteiger partial charge in [-0.25, -0.2) is 0 Å². The fraction of sp³-hybridized carbons (Fsp3) is 0.857. The van der Waals surface area contributed by atoms with Gasteiger partial charge in [-0.2, -0.15) is 0 Å². The van der Waals surface area contributed by atoms with Gasteiger partial charge in [-0.15, -0.1) is 12.4 Å². The topological polar surface area (TPSA) is 49.3 Å². The number of piperidine rings is 1. The molecule has 0 radical (unpaired) electrons. The van der Waals surface area contributed by atoms with Gasteiger partial charge in [0.1, 0.15) is 6.04 Å². The number of hydrogen-bond donors (Lipinski definition) is 2. The van der Waals surface area contributed by atoms with E-state index in [1.165, 1.54) is 6.42 Å². The smallest absolute Gasteiger partial charge is 0.320 e. The molecule has 2 N–H and O–H groups in total. The molecular formula is C7H12ClNO2. The average Bonchev–Trinajstić information content (AvgIpc) is 2.44. The lowest BCUT2D eigenvalue weighted by molar-refractivity contribution is -0.140. The maximum Gasteiger partial charge on any atom is 0.320 e. The van der Waals surface area contributed by atoms with Crippen molar-refractivity contribution < 1.29 is 9.90 Å². The van der Waals surface area contributed by atoms with Crippen molar-refractivity contribution >= 4 is 18.4 Å². The molecule has 0 aromatic heterocycles. The predicted octanol–water partition coefficient (Wildman–Crippen LogP) is 0.633. The largest absolute Gasteiger partial charge is 0.480 e. The van der Waals surface area contributed by atoms with Crippen molar-refractivity contribution in [2.45, 2.75) is 31.3 Å². The number of hydrogen-bond acceptors (Lipinski definition) is 2. The number of carbonyl (C=O) groups is 1. The Hall–Kier alpha value is -0.280. The molecule has 0 aromatic rings. The number of aliphatic carboxylic acids is 1. The first kappa shape index (κ1) is 8.81. The van der Waals surface area contributed by atoms with Gasteiger partial charge in [0.05, 0.1) is 0 Å². The standard InChI is InChI=1S/C7H11NO2.ClH/c9-7(10)6-4-1-2-5(3-4)8-6;/h4-6,8H,1-3H2,(H,9,10);1H/t4-,5-,6+;/m1./s1. The molecule has 0 unspecified atom stereocenters. The van der Waals surface area contributed by atoms with Crippen LogP contribution in [0.25, 0.3) is 0 Å². The lowest BCUT2D eigenvalue weighted by Gasteiger charge is -2.18. The van der Waals surface area contributed by atoms with E-state index in [-0.39, 0.29) is 18.4 Å². The third kappa shape index (κ3) is 1.35. The quantitative estimate of drug-likeness (QED) is 0.618. The molecule has 0 amide bonds. The minimum atomic E-state index is -0.674. The van der Waals surface area contributed by atoms with Crippen LogP contribution in [0.1, 0.15) is 19.3 Å². The van der Waals surface area contributed by atoms with Crippen LogP contribution < -0.4 is 5.32 Å². The minimum absolute atomic E-state index is 0. The van der Waals surface area contributed by atoms with Crippen molar-refractivity contribution in [1.82, 2.24) is 5.32 Å². The lowest BCUT2D eigenvalue weighted by Crippen LogP contribution is -2.41. The number of rotatable bonds is 1. The van der Waals surface area contributed by atoms with Gasteiger partial charge in [0.25, 0.3) is 0 Å². The zero-order chi connectivity index (χ0) is 7.14. The van der Waals surface area contributed by atoms with Crippen LogP contribution in [-0.2, 0) is 4.79 Å². The molecule has 1 heterocycles. The van der Waals surface area contributed by atoms with Gasteiger partial charge in [0.15, 0.2) is 0 Å². The summed E-state index contributed by atoms with van der Waals surface area (Å²) in [4.78, 5) is 10.5. The Morgan fingerprint density at radius 1 is 1.45 bits per heavy atom. The highest BCUT2D eigenvalue weighted by atomic mass is 35.5. The van der Waals surface area contributed by atoms with E-state index in [1.54, 1.807) is 0 Å². The zero-order valence-corrected chi connectivity index (χ0v) is 6.93. The summed E-state index contributed by atoms with van der Waals surface area (Å²) in [5, 5.41) is 11.8. The van der Waals surface area contributed by atoms with E-state index in [0.717, 1.165) is 12.8 Å². The van der Waals surface area contributed by atoms with Crippen LogP contribution >= 0.6 is 12.4 Å². The summed E-state index contributed by atoms with van der Waals surface area (Å²) in [6, 6.07) is 0.268. The number of nitrogens with one attached hydrogen (secondary N) is 1. The van der Waals surface area contributed by atoms with Crippen LogP contribution in [0.2, 0.25) is 0 Å². The van der Waals surface area contributed by atoms with Crippen molar-refractivity contribution in [3.05, 3.63) is 0 Å². The Bertz CT molecular complexity index is 174. The maximum absolute atomic E-state index is 10.5. The third-order valence-corrected chi connectivity index (χ3v) is 2.63. The van der Waals surface area contributed by atoms with E-state index in [4.69, 9.17) is 5.11 Å². The normalized spacial score (nSPS) is 40.2. The Morgan fingerprint density at radius 2 is 2.18 bits per heavy atom. The number of carboxylic acids is 1. The molecule has 1 saturated carbocycles. The summed E-state index contributed by atoms with van der Waals surface area (Å²) in [5.41, 5.74) is 0. The molecule has 1 aliphatic heterocycles. The Morgan fingerprint density at radius 3 is 2.45 bits per heavy atom. The van der Waals surface area contributed by atoms with E-state index in [9.17, 15) is 4.79 Å². The fourth-order valence-corrected chi connectivity index (χ4v) is 2.13. The number of fused-ring (bicyclic) bond motifs is 2. The first-order chi connectivity index (χ1) is 4.77. The Labute approximate surface area is 71.6 Å². The summed E-state index contributed by atoms with van der Waals surface area (Å²) in [7, 11) is 0. The summed E-state index contributed by atoms with van der Waals surface area (Å²) in [6.07, 6.45) is 3.36. The van der Waals surface area contributed by atoms with E-state index < -0.39 is 5.97 Å². The highest BCUT2D eigenvalue weighted by molar-refractivity contribution is 5.85. The molecule has 2 fully saturated rings. The molecule has 3 atom stereocenters. The summed E-state index contributed by atoms with van der Waals surface area (Å²) in [5.74, 6) is -0.255. The number of halogens is 1. The highest BCUT2D eigenvalue weighted by Crippen LogP contribution is 2.34. The molecule has 2 aliphatic rings.